The van der Waals surface area contributed by atoms with Crippen LogP contribution >= 0.6 is 0 Å². The third-order valence-electron chi connectivity index (χ3n) is 4.60. The number of rotatable bonds is 6. The van der Waals surface area contributed by atoms with E-state index in [9.17, 15) is 4.79 Å². The van der Waals surface area contributed by atoms with Crippen LogP contribution in [0.4, 0.5) is 0 Å². The van der Waals surface area contributed by atoms with Crippen LogP contribution in [0, 0.1) is 0 Å². The maximum Gasteiger partial charge on any atom is 0.255 e. The molecule has 0 saturated carbocycles. The van der Waals surface area contributed by atoms with Crippen LogP contribution < -0.4 is 0 Å². The molecule has 4 rings (SSSR count). The highest BCUT2D eigenvalue weighted by molar-refractivity contribution is 5.96. The van der Waals surface area contributed by atoms with Crippen molar-refractivity contribution in [2.45, 2.75) is 13.0 Å². The number of likely N-dealkylation sites (N-methyl/N-ethyl adjacent to an activating group) is 1. The highest BCUT2D eigenvalue weighted by atomic mass is 16.2. The Kier molecular flexibility index (Phi) is 4.84. The maximum atomic E-state index is 12.7. The zero-order valence-electron chi connectivity index (χ0n) is 15.9. The van der Waals surface area contributed by atoms with Crippen LogP contribution in [0.5, 0.6) is 0 Å². The summed E-state index contributed by atoms with van der Waals surface area (Å²) in [6, 6.07) is 7.59. The van der Waals surface area contributed by atoms with Crippen molar-refractivity contribution in [3.63, 3.8) is 0 Å². The van der Waals surface area contributed by atoms with E-state index in [0.717, 1.165) is 23.3 Å². The number of aryl methyl sites for hydroxylation is 1. The first-order chi connectivity index (χ1) is 13.6. The third-order valence-corrected chi connectivity index (χ3v) is 4.60. The lowest BCUT2D eigenvalue weighted by atomic mass is 10.2. The molecule has 142 valence electrons. The largest absolute Gasteiger partial charge is 0.341 e. The van der Waals surface area contributed by atoms with Crippen molar-refractivity contribution in [1.29, 1.82) is 0 Å². The molecule has 4 aromatic heterocycles. The highest BCUT2D eigenvalue weighted by Gasteiger charge is 2.15. The van der Waals surface area contributed by atoms with Gasteiger partial charge in [-0.1, -0.05) is 6.07 Å². The molecule has 0 aliphatic rings. The zero-order valence-corrected chi connectivity index (χ0v) is 15.9. The highest BCUT2D eigenvalue weighted by Crippen LogP contribution is 2.15. The van der Waals surface area contributed by atoms with Crippen LogP contribution in [0.3, 0.4) is 0 Å². The average Bonchev–Trinajstić information content (AvgIpc) is 3.32. The smallest absolute Gasteiger partial charge is 0.255 e. The van der Waals surface area contributed by atoms with Gasteiger partial charge in [-0.25, -0.2) is 9.97 Å². The molecule has 0 aliphatic carbocycles. The van der Waals surface area contributed by atoms with Gasteiger partial charge in [0.15, 0.2) is 5.65 Å². The van der Waals surface area contributed by atoms with Gasteiger partial charge < -0.3 is 9.47 Å². The van der Waals surface area contributed by atoms with Crippen molar-refractivity contribution >= 4 is 17.1 Å². The standard InChI is InChI=1S/C20H21N7O/c1-25(8-6-15-10-24-26(2)12-15)20(28)16-9-18-19(22-11-16)27(14-23-18)13-17-5-3-4-7-21-17/h3-5,7,9-12,14H,6,8,13H2,1-2H3. The van der Waals surface area contributed by atoms with Gasteiger partial charge in [-0.2, -0.15) is 5.10 Å². The first-order valence-corrected chi connectivity index (χ1v) is 9.04. The fraction of sp³-hybridized carbons (Fsp3) is 0.250. The van der Waals surface area contributed by atoms with E-state index in [0.29, 0.717) is 24.2 Å². The van der Waals surface area contributed by atoms with Gasteiger partial charge in [0, 0.05) is 39.2 Å². The summed E-state index contributed by atoms with van der Waals surface area (Å²) in [6.07, 6.45) is 9.64. The number of amides is 1. The molecule has 0 radical (unpaired) electrons. The summed E-state index contributed by atoms with van der Waals surface area (Å²) >= 11 is 0. The minimum Gasteiger partial charge on any atom is -0.341 e. The van der Waals surface area contributed by atoms with Crippen LogP contribution in [0.2, 0.25) is 0 Å². The molecule has 0 bridgehead atoms. The SMILES string of the molecule is CN(CCc1cnn(C)c1)C(=O)c1cnc2c(c1)ncn2Cc1ccccn1. The molecule has 1 amide bonds. The first kappa shape index (κ1) is 17.8. The molecule has 0 fully saturated rings. The number of carbonyl (C=O) groups excluding carboxylic acids is 1. The molecule has 4 aromatic rings. The van der Waals surface area contributed by atoms with Crippen molar-refractivity contribution in [2.24, 2.45) is 7.05 Å². The van der Waals surface area contributed by atoms with Gasteiger partial charge in [-0.15, -0.1) is 0 Å². The normalized spacial score (nSPS) is 11.1. The number of nitrogens with zero attached hydrogens (tertiary/aromatic N) is 7. The number of pyridine rings is 2. The Labute approximate surface area is 162 Å². The van der Waals surface area contributed by atoms with Crippen molar-refractivity contribution in [2.75, 3.05) is 13.6 Å². The summed E-state index contributed by atoms with van der Waals surface area (Å²) < 4.78 is 3.69. The van der Waals surface area contributed by atoms with Gasteiger partial charge >= 0.3 is 0 Å². The van der Waals surface area contributed by atoms with E-state index < -0.39 is 0 Å². The summed E-state index contributed by atoms with van der Waals surface area (Å²) in [6.45, 7) is 1.19. The number of hydrogen-bond acceptors (Lipinski definition) is 5. The van der Waals surface area contributed by atoms with Crippen LogP contribution in [-0.4, -0.2) is 53.7 Å². The van der Waals surface area contributed by atoms with E-state index in [2.05, 4.69) is 20.1 Å². The molecule has 0 saturated heterocycles. The van der Waals surface area contributed by atoms with Crippen LogP contribution in [-0.2, 0) is 20.0 Å². The molecule has 0 N–H and O–H groups in total. The Hall–Kier alpha value is -3.55. The van der Waals surface area contributed by atoms with Crippen LogP contribution in [0.25, 0.3) is 11.2 Å². The second kappa shape index (κ2) is 7.59. The van der Waals surface area contributed by atoms with Gasteiger partial charge in [-0.3, -0.25) is 14.5 Å². The topological polar surface area (TPSA) is 81.7 Å². The fourth-order valence-electron chi connectivity index (χ4n) is 3.07. The van der Waals surface area contributed by atoms with Gasteiger partial charge in [0.05, 0.1) is 30.3 Å². The molecular weight excluding hydrogens is 354 g/mol. The Morgan fingerprint density at radius 1 is 1.18 bits per heavy atom. The predicted molar refractivity (Wildman–Crippen MR) is 105 cm³/mol. The van der Waals surface area contributed by atoms with Crippen molar-refractivity contribution < 1.29 is 4.79 Å². The zero-order chi connectivity index (χ0) is 19.5. The molecule has 0 spiro atoms. The van der Waals surface area contributed by atoms with Gasteiger partial charge in [0.25, 0.3) is 5.91 Å². The summed E-state index contributed by atoms with van der Waals surface area (Å²) in [5.74, 6) is -0.0717. The Morgan fingerprint density at radius 2 is 2.07 bits per heavy atom. The van der Waals surface area contributed by atoms with Gasteiger partial charge in [0.1, 0.15) is 5.52 Å². The molecule has 0 atom stereocenters. The van der Waals surface area contributed by atoms with Crippen molar-refractivity contribution in [3.05, 3.63) is 72.2 Å². The van der Waals surface area contributed by atoms with E-state index in [1.165, 1.54) is 0 Å². The molecule has 8 nitrogen and oxygen atoms in total. The number of carbonyl (C=O) groups is 1. The maximum absolute atomic E-state index is 12.7. The number of aromatic nitrogens is 6. The summed E-state index contributed by atoms with van der Waals surface area (Å²) in [5.41, 5.74) is 4.00. The van der Waals surface area contributed by atoms with Crippen molar-refractivity contribution in [1.82, 2.24) is 34.2 Å². The van der Waals surface area contributed by atoms with Crippen LogP contribution in [0.1, 0.15) is 21.6 Å². The van der Waals surface area contributed by atoms with E-state index in [1.54, 1.807) is 41.4 Å². The predicted octanol–water partition coefficient (Wildman–Crippen LogP) is 1.92. The number of hydrogen-bond donors (Lipinski definition) is 0. The van der Waals surface area contributed by atoms with E-state index >= 15 is 0 Å². The first-order valence-electron chi connectivity index (χ1n) is 9.04. The van der Waals surface area contributed by atoms with Gasteiger partial charge in [0.2, 0.25) is 0 Å². The van der Waals surface area contributed by atoms with E-state index in [4.69, 9.17) is 0 Å². The number of fused-ring (bicyclic) bond motifs is 1. The van der Waals surface area contributed by atoms with E-state index in [1.807, 2.05) is 42.2 Å². The van der Waals surface area contributed by atoms with Crippen LogP contribution in [0.15, 0.2) is 55.4 Å². The monoisotopic (exact) mass is 375 g/mol. The molecule has 28 heavy (non-hydrogen) atoms. The second-order valence-electron chi connectivity index (χ2n) is 6.76. The Morgan fingerprint density at radius 3 is 2.82 bits per heavy atom. The van der Waals surface area contributed by atoms with Gasteiger partial charge in [-0.05, 0) is 30.2 Å². The minimum atomic E-state index is -0.0717. The molecule has 0 unspecified atom stereocenters. The molecule has 8 heteroatoms. The van der Waals surface area contributed by atoms with E-state index in [-0.39, 0.29) is 5.91 Å². The summed E-state index contributed by atoms with van der Waals surface area (Å²) in [4.78, 5) is 27.6. The Bertz CT molecular complexity index is 1100. The lowest BCUT2D eigenvalue weighted by molar-refractivity contribution is 0.0796. The average molecular weight is 375 g/mol. The quantitative estimate of drug-likeness (QED) is 0.514. The minimum absolute atomic E-state index is 0.0717. The fourth-order valence-corrected chi connectivity index (χ4v) is 3.07. The Balaban J connectivity index is 1.47. The summed E-state index contributed by atoms with van der Waals surface area (Å²) in [5, 5.41) is 4.15. The molecule has 4 heterocycles. The molecular formula is C20H21N7O. The molecule has 0 aliphatic heterocycles. The second-order valence-corrected chi connectivity index (χ2v) is 6.76. The lowest BCUT2D eigenvalue weighted by Gasteiger charge is -2.16. The molecule has 0 aromatic carbocycles. The number of imidazole rings is 1. The lowest BCUT2D eigenvalue weighted by Crippen LogP contribution is -2.28. The third kappa shape index (κ3) is 3.75. The van der Waals surface area contributed by atoms with Crippen molar-refractivity contribution in [3.8, 4) is 0 Å². The summed E-state index contributed by atoms with van der Waals surface area (Å²) in [7, 11) is 3.68.